The quantitative estimate of drug-likeness (QED) is 0.621. The van der Waals surface area contributed by atoms with E-state index in [2.05, 4.69) is 16.9 Å². The topological polar surface area (TPSA) is 51.1 Å². The van der Waals surface area contributed by atoms with Crippen molar-refractivity contribution >= 4 is 28.3 Å². The molecule has 1 aromatic rings. The highest BCUT2D eigenvalue weighted by molar-refractivity contribution is 8.22. The van der Waals surface area contributed by atoms with Gasteiger partial charge in [0.1, 0.15) is 0 Å². The highest BCUT2D eigenvalue weighted by Gasteiger charge is 2.08. The maximum absolute atomic E-state index is 8.74. The first kappa shape index (κ1) is 15.9. The Morgan fingerprint density at radius 3 is 2.32 bits per heavy atom. The highest BCUT2D eigenvalue weighted by atomic mass is 32.2. The summed E-state index contributed by atoms with van der Waals surface area (Å²) in [7, 11) is 0. The normalized spacial score (nSPS) is 9.95. The van der Waals surface area contributed by atoms with Crippen LogP contribution in [0.25, 0.3) is 0 Å². The summed E-state index contributed by atoms with van der Waals surface area (Å²) in [5, 5.41) is 10.5. The Labute approximate surface area is 124 Å². The molecule has 0 aliphatic rings. The average molecular weight is 294 g/mol. The molecule has 0 saturated carbocycles. The molecule has 0 aliphatic carbocycles. The van der Waals surface area contributed by atoms with Crippen molar-refractivity contribution in [3.8, 4) is 6.07 Å². The van der Waals surface area contributed by atoms with Crippen molar-refractivity contribution in [1.29, 1.82) is 5.26 Å². The zero-order chi connectivity index (χ0) is 14.1. The van der Waals surface area contributed by atoms with Gasteiger partial charge in [0.2, 0.25) is 0 Å². The summed E-state index contributed by atoms with van der Waals surface area (Å²) in [5.74, 6) is 0.790. The molecule has 0 saturated heterocycles. The molecule has 1 rings (SSSR count). The number of thioether (sulfide) groups is 1. The molecule has 102 valence electrons. The van der Waals surface area contributed by atoms with Gasteiger partial charge in [-0.05, 0) is 29.9 Å². The van der Waals surface area contributed by atoms with Crippen LogP contribution in [0.3, 0.4) is 0 Å². The zero-order valence-electron chi connectivity index (χ0n) is 11.1. The van der Waals surface area contributed by atoms with E-state index in [1.54, 1.807) is 16.9 Å². The molecule has 0 unspecified atom stereocenters. The Balaban J connectivity index is 2.49. The average Bonchev–Trinajstić information content (AvgIpc) is 2.45. The summed E-state index contributed by atoms with van der Waals surface area (Å²) >= 11 is 6.95. The number of nitriles is 1. The molecule has 0 aliphatic heterocycles. The van der Waals surface area contributed by atoms with Gasteiger partial charge in [-0.1, -0.05) is 37.7 Å². The zero-order valence-corrected chi connectivity index (χ0v) is 12.8. The first-order valence-electron chi connectivity index (χ1n) is 6.14. The van der Waals surface area contributed by atoms with E-state index in [4.69, 9.17) is 17.5 Å². The summed E-state index contributed by atoms with van der Waals surface area (Å²) < 4.78 is 0.757. The molecule has 0 aromatic heterocycles. The van der Waals surface area contributed by atoms with Gasteiger partial charge < -0.3 is 0 Å². The Hall–Kier alpha value is -1.13. The molecule has 0 spiro atoms. The number of rotatable bonds is 6. The lowest BCUT2D eigenvalue weighted by atomic mass is 10.2. The Morgan fingerprint density at radius 2 is 1.84 bits per heavy atom. The first-order valence-corrected chi connectivity index (χ1v) is 7.53. The third kappa shape index (κ3) is 5.57. The molecule has 0 heterocycles. The number of benzene rings is 1. The van der Waals surface area contributed by atoms with E-state index >= 15 is 0 Å². The Morgan fingerprint density at radius 1 is 1.26 bits per heavy atom. The van der Waals surface area contributed by atoms with Crippen LogP contribution in [0, 0.1) is 11.3 Å². The van der Waals surface area contributed by atoms with Gasteiger partial charge in [0.15, 0.2) is 4.32 Å². The number of nitrogens with one attached hydrogen (secondary N) is 2. The Bertz CT molecular complexity index is 433. The molecule has 0 fully saturated rings. The van der Waals surface area contributed by atoms with Gasteiger partial charge in [0, 0.05) is 18.8 Å². The number of hydrogen-bond donors (Lipinski definition) is 2. The minimum atomic E-state index is 0.679. The van der Waals surface area contributed by atoms with E-state index in [1.807, 2.05) is 38.1 Å². The van der Waals surface area contributed by atoms with Crippen molar-refractivity contribution in [3.05, 3.63) is 35.4 Å². The van der Waals surface area contributed by atoms with Gasteiger partial charge in [-0.25, -0.2) is 16.0 Å². The van der Waals surface area contributed by atoms with Crippen molar-refractivity contribution < 1.29 is 0 Å². The summed E-state index contributed by atoms with van der Waals surface area (Å²) in [6.45, 7) is 5.67. The largest absolute Gasteiger partial charge is 0.224 e. The van der Waals surface area contributed by atoms with E-state index in [0.29, 0.717) is 5.56 Å². The van der Waals surface area contributed by atoms with Crippen LogP contribution in [0.2, 0.25) is 0 Å². The van der Waals surface area contributed by atoms with Crippen LogP contribution in [-0.2, 0) is 5.75 Å². The van der Waals surface area contributed by atoms with Crippen molar-refractivity contribution in [3.63, 3.8) is 0 Å². The van der Waals surface area contributed by atoms with Crippen molar-refractivity contribution in [2.24, 2.45) is 0 Å². The minimum Gasteiger partial charge on any atom is -0.224 e. The van der Waals surface area contributed by atoms with E-state index < -0.39 is 0 Å². The molecule has 0 amide bonds. The number of nitrogens with zero attached hydrogens (tertiary/aromatic N) is 2. The second-order valence-electron chi connectivity index (χ2n) is 3.72. The van der Waals surface area contributed by atoms with Crippen LogP contribution in [0.1, 0.15) is 25.0 Å². The minimum absolute atomic E-state index is 0.679. The lowest BCUT2D eigenvalue weighted by Crippen LogP contribution is -2.50. The van der Waals surface area contributed by atoms with Crippen molar-refractivity contribution in [2.45, 2.75) is 19.6 Å². The molecule has 0 bridgehead atoms. The summed E-state index contributed by atoms with van der Waals surface area (Å²) in [4.78, 5) is 0. The summed E-state index contributed by atoms with van der Waals surface area (Å²) in [5.41, 5.74) is 8.14. The fraction of sp³-hybridized carbons (Fsp3) is 0.385. The van der Waals surface area contributed by atoms with Gasteiger partial charge in [0.05, 0.1) is 11.6 Å². The Kier molecular flexibility index (Phi) is 7.45. The standard InChI is InChI=1S/C13H18N4S2/c1-3-15-17(16-4-2)13(18)19-10-12-7-5-11(9-14)6-8-12/h5-8,15-16H,3-4,10H2,1-2H3. The predicted molar refractivity (Wildman–Crippen MR) is 84.2 cm³/mol. The second kappa shape index (κ2) is 8.88. The van der Waals surface area contributed by atoms with Gasteiger partial charge >= 0.3 is 0 Å². The van der Waals surface area contributed by atoms with E-state index in [9.17, 15) is 0 Å². The number of hydrogen-bond acceptors (Lipinski definition) is 5. The highest BCUT2D eigenvalue weighted by Crippen LogP contribution is 2.15. The van der Waals surface area contributed by atoms with Crippen LogP contribution in [0.5, 0.6) is 0 Å². The van der Waals surface area contributed by atoms with Crippen LogP contribution in [0.15, 0.2) is 24.3 Å². The molecule has 2 N–H and O–H groups in total. The third-order valence-electron chi connectivity index (χ3n) is 2.26. The van der Waals surface area contributed by atoms with E-state index in [0.717, 1.165) is 28.7 Å². The number of hydrazine groups is 2. The van der Waals surface area contributed by atoms with E-state index in [-0.39, 0.29) is 0 Å². The lowest BCUT2D eigenvalue weighted by molar-refractivity contribution is 0.241. The molecule has 6 heteroatoms. The maximum Gasteiger partial charge on any atom is 0.167 e. The van der Waals surface area contributed by atoms with Crippen LogP contribution in [0.4, 0.5) is 0 Å². The fourth-order valence-electron chi connectivity index (χ4n) is 1.39. The van der Waals surface area contributed by atoms with Crippen LogP contribution in [-0.4, -0.2) is 22.5 Å². The first-order chi connectivity index (χ1) is 9.21. The van der Waals surface area contributed by atoms with Gasteiger partial charge in [-0.3, -0.25) is 0 Å². The number of thiocarbonyl (C=S) groups is 1. The maximum atomic E-state index is 8.74. The van der Waals surface area contributed by atoms with Crippen molar-refractivity contribution in [2.75, 3.05) is 13.1 Å². The van der Waals surface area contributed by atoms with Crippen LogP contribution >= 0.6 is 24.0 Å². The van der Waals surface area contributed by atoms with Crippen LogP contribution < -0.4 is 10.9 Å². The molecule has 0 atom stereocenters. The molecule has 4 nitrogen and oxygen atoms in total. The van der Waals surface area contributed by atoms with Gasteiger partial charge in [-0.2, -0.15) is 5.26 Å². The van der Waals surface area contributed by atoms with Gasteiger partial charge in [0.25, 0.3) is 0 Å². The smallest absolute Gasteiger partial charge is 0.167 e. The molecule has 19 heavy (non-hydrogen) atoms. The fourth-order valence-corrected chi connectivity index (χ4v) is 2.43. The molecule has 1 aromatic carbocycles. The third-order valence-corrected chi connectivity index (χ3v) is 3.70. The predicted octanol–water partition coefficient (Wildman–Crippen LogP) is 2.43. The SMILES string of the molecule is CCNN(NCC)C(=S)SCc1ccc(C#N)cc1. The molecule has 0 radical (unpaired) electrons. The monoisotopic (exact) mass is 294 g/mol. The van der Waals surface area contributed by atoms with Gasteiger partial charge in [-0.15, -0.1) is 0 Å². The lowest BCUT2D eigenvalue weighted by Gasteiger charge is -2.24. The van der Waals surface area contributed by atoms with E-state index in [1.165, 1.54) is 0 Å². The summed E-state index contributed by atoms with van der Waals surface area (Å²) in [6.07, 6.45) is 0. The summed E-state index contributed by atoms with van der Waals surface area (Å²) in [6, 6.07) is 9.67. The van der Waals surface area contributed by atoms with Crippen molar-refractivity contribution in [1.82, 2.24) is 16.0 Å². The molecular weight excluding hydrogens is 276 g/mol. The molecular formula is C13H18N4S2. The second-order valence-corrected chi connectivity index (χ2v) is 5.33.